The maximum absolute atomic E-state index is 12.3. The lowest BCUT2D eigenvalue weighted by Crippen LogP contribution is -2.19. The third-order valence-corrected chi connectivity index (χ3v) is 5.82. The molecule has 4 rings (SSSR count). The minimum atomic E-state index is -0.434. The van der Waals surface area contributed by atoms with Crippen molar-refractivity contribution in [2.24, 2.45) is 4.99 Å². The molecule has 1 N–H and O–H groups in total. The van der Waals surface area contributed by atoms with Crippen molar-refractivity contribution in [2.45, 2.75) is 6.61 Å². The first-order chi connectivity index (χ1) is 15.5. The molecule has 0 unspecified atom stereocenters. The van der Waals surface area contributed by atoms with Crippen molar-refractivity contribution in [3.8, 4) is 5.75 Å². The second-order valence-electron chi connectivity index (χ2n) is 6.74. The summed E-state index contributed by atoms with van der Waals surface area (Å²) in [7, 11) is 0. The summed E-state index contributed by atoms with van der Waals surface area (Å²) in [4.78, 5) is 27.6. The Balaban J connectivity index is 1.38. The van der Waals surface area contributed by atoms with Crippen LogP contribution in [-0.4, -0.2) is 16.0 Å². The number of nitro groups is 1. The highest BCUT2D eigenvalue weighted by atomic mass is 79.9. The maximum Gasteiger partial charge on any atom is 0.269 e. The van der Waals surface area contributed by atoms with Gasteiger partial charge < -0.3 is 10.1 Å². The average Bonchev–Trinajstić information content (AvgIpc) is 3.12. The SMILES string of the molecule is O=C1NC(=Nc2cccc(Br)c2)S/C1=C\c1ccc(OCc2ccc([N+](=O)[O-])cc2)cc1. The Labute approximate surface area is 196 Å². The summed E-state index contributed by atoms with van der Waals surface area (Å²) < 4.78 is 6.65. The molecule has 160 valence electrons. The van der Waals surface area contributed by atoms with E-state index in [1.807, 2.05) is 48.5 Å². The molecule has 0 saturated carbocycles. The number of non-ortho nitro benzene ring substituents is 1. The summed E-state index contributed by atoms with van der Waals surface area (Å²) in [5.74, 6) is 0.466. The van der Waals surface area contributed by atoms with Gasteiger partial charge in [-0.25, -0.2) is 4.99 Å². The van der Waals surface area contributed by atoms with Crippen LogP contribution in [0.4, 0.5) is 11.4 Å². The molecule has 0 radical (unpaired) electrons. The Kier molecular flexibility index (Phi) is 6.67. The predicted molar refractivity (Wildman–Crippen MR) is 129 cm³/mol. The lowest BCUT2D eigenvalue weighted by molar-refractivity contribution is -0.384. The molecular formula is C23H16BrN3O4S. The smallest absolute Gasteiger partial charge is 0.269 e. The van der Waals surface area contributed by atoms with E-state index in [4.69, 9.17) is 4.74 Å². The van der Waals surface area contributed by atoms with Gasteiger partial charge in [-0.15, -0.1) is 0 Å². The molecule has 32 heavy (non-hydrogen) atoms. The van der Waals surface area contributed by atoms with Crippen LogP contribution in [0.15, 0.2) is 87.2 Å². The van der Waals surface area contributed by atoms with Crippen LogP contribution in [-0.2, 0) is 11.4 Å². The summed E-state index contributed by atoms with van der Waals surface area (Å²) in [6.45, 7) is 0.298. The van der Waals surface area contributed by atoms with Crippen molar-refractivity contribution in [1.29, 1.82) is 0 Å². The number of aliphatic imine (C=N–C) groups is 1. The molecule has 1 saturated heterocycles. The first kappa shape index (κ1) is 21.8. The van der Waals surface area contributed by atoms with Crippen molar-refractivity contribution < 1.29 is 14.5 Å². The molecule has 0 aromatic heterocycles. The molecule has 7 nitrogen and oxygen atoms in total. The molecule has 1 aliphatic rings. The third-order valence-electron chi connectivity index (χ3n) is 4.42. The number of carbonyl (C=O) groups excluding carboxylic acids is 1. The molecule has 3 aromatic carbocycles. The molecule has 0 spiro atoms. The van der Waals surface area contributed by atoms with E-state index >= 15 is 0 Å². The molecule has 0 bridgehead atoms. The van der Waals surface area contributed by atoms with E-state index in [0.717, 1.165) is 21.3 Å². The van der Waals surface area contributed by atoms with Gasteiger partial charge in [0, 0.05) is 16.6 Å². The Morgan fingerprint density at radius 3 is 2.53 bits per heavy atom. The monoisotopic (exact) mass is 509 g/mol. The number of ether oxygens (including phenoxy) is 1. The van der Waals surface area contributed by atoms with Crippen molar-refractivity contribution in [3.63, 3.8) is 0 Å². The topological polar surface area (TPSA) is 93.8 Å². The number of thioether (sulfide) groups is 1. The van der Waals surface area contributed by atoms with Crippen LogP contribution < -0.4 is 10.1 Å². The van der Waals surface area contributed by atoms with Gasteiger partial charge in [-0.2, -0.15) is 0 Å². The number of rotatable bonds is 6. The van der Waals surface area contributed by atoms with Crippen LogP contribution in [0.25, 0.3) is 6.08 Å². The van der Waals surface area contributed by atoms with Gasteiger partial charge in [0.05, 0.1) is 15.5 Å². The second kappa shape index (κ2) is 9.80. The standard InChI is InChI=1S/C23H16BrN3O4S/c24-17-2-1-3-18(13-17)25-23-26-22(28)21(32-23)12-15-6-10-20(11-7-15)31-14-16-4-8-19(9-5-16)27(29)30/h1-13H,14H2,(H,25,26,28)/b21-12-. The highest BCUT2D eigenvalue weighted by Gasteiger charge is 2.23. The molecule has 0 aliphatic carbocycles. The number of amides is 1. The minimum absolute atomic E-state index is 0.0461. The molecule has 0 atom stereocenters. The van der Waals surface area contributed by atoms with Crippen molar-refractivity contribution in [3.05, 3.63) is 103 Å². The number of amidine groups is 1. The summed E-state index contributed by atoms with van der Waals surface area (Å²) in [5, 5.41) is 14.0. The van der Waals surface area contributed by atoms with E-state index in [-0.39, 0.29) is 11.6 Å². The van der Waals surface area contributed by atoms with E-state index in [1.165, 1.54) is 23.9 Å². The zero-order valence-electron chi connectivity index (χ0n) is 16.5. The van der Waals surface area contributed by atoms with Crippen molar-refractivity contribution in [1.82, 2.24) is 5.32 Å². The number of hydrogen-bond acceptors (Lipinski definition) is 6. The molecule has 1 aliphatic heterocycles. The van der Waals surface area contributed by atoms with E-state index in [0.29, 0.717) is 22.4 Å². The number of nitrogens with zero attached hydrogens (tertiary/aromatic N) is 2. The molecule has 1 amide bonds. The van der Waals surface area contributed by atoms with E-state index in [9.17, 15) is 14.9 Å². The van der Waals surface area contributed by atoms with Gasteiger partial charge >= 0.3 is 0 Å². The first-order valence-electron chi connectivity index (χ1n) is 9.48. The Hall–Kier alpha value is -3.43. The zero-order valence-corrected chi connectivity index (χ0v) is 18.9. The number of benzene rings is 3. The molecule has 1 fully saturated rings. The van der Waals surface area contributed by atoms with E-state index in [1.54, 1.807) is 18.2 Å². The highest BCUT2D eigenvalue weighted by Crippen LogP contribution is 2.29. The van der Waals surface area contributed by atoms with Crippen LogP contribution in [0.1, 0.15) is 11.1 Å². The fraction of sp³-hybridized carbons (Fsp3) is 0.0435. The first-order valence-corrected chi connectivity index (χ1v) is 11.1. The third kappa shape index (κ3) is 5.63. The lowest BCUT2D eigenvalue weighted by atomic mass is 10.2. The average molecular weight is 510 g/mol. The van der Waals surface area contributed by atoms with Crippen LogP contribution >= 0.6 is 27.7 Å². The van der Waals surface area contributed by atoms with Gasteiger partial charge in [0.25, 0.3) is 11.6 Å². The van der Waals surface area contributed by atoms with Crippen LogP contribution in [0.3, 0.4) is 0 Å². The number of nitro benzene ring substituents is 1. The van der Waals surface area contributed by atoms with Crippen LogP contribution in [0, 0.1) is 10.1 Å². The Morgan fingerprint density at radius 1 is 1.09 bits per heavy atom. The summed E-state index contributed by atoms with van der Waals surface area (Å²) >= 11 is 4.69. The molecule has 3 aromatic rings. The van der Waals surface area contributed by atoms with Gasteiger partial charge in [0.15, 0.2) is 5.17 Å². The Morgan fingerprint density at radius 2 is 1.84 bits per heavy atom. The highest BCUT2D eigenvalue weighted by molar-refractivity contribution is 9.10. The van der Waals surface area contributed by atoms with E-state index < -0.39 is 4.92 Å². The largest absolute Gasteiger partial charge is 0.489 e. The number of hydrogen-bond donors (Lipinski definition) is 1. The van der Waals surface area contributed by atoms with Gasteiger partial charge in [-0.05, 0) is 71.4 Å². The maximum atomic E-state index is 12.3. The molecular weight excluding hydrogens is 494 g/mol. The molecule has 1 heterocycles. The Bertz CT molecular complexity index is 1220. The van der Waals surface area contributed by atoms with Crippen molar-refractivity contribution >= 4 is 56.2 Å². The normalized spacial score (nSPS) is 15.7. The van der Waals surface area contributed by atoms with Gasteiger partial charge in [-0.1, -0.05) is 34.1 Å². The predicted octanol–water partition coefficient (Wildman–Crippen LogP) is 5.83. The number of halogens is 1. The van der Waals surface area contributed by atoms with Crippen LogP contribution in [0.5, 0.6) is 5.75 Å². The molecule has 9 heteroatoms. The van der Waals surface area contributed by atoms with Crippen LogP contribution in [0.2, 0.25) is 0 Å². The fourth-order valence-electron chi connectivity index (χ4n) is 2.84. The number of nitrogens with one attached hydrogen (secondary N) is 1. The van der Waals surface area contributed by atoms with Gasteiger partial charge in [0.1, 0.15) is 12.4 Å². The second-order valence-corrected chi connectivity index (χ2v) is 8.69. The van der Waals surface area contributed by atoms with Gasteiger partial charge in [-0.3, -0.25) is 14.9 Å². The summed E-state index contributed by atoms with van der Waals surface area (Å²) in [6, 6.07) is 21.1. The fourth-order valence-corrected chi connectivity index (χ4v) is 4.06. The quantitative estimate of drug-likeness (QED) is 0.256. The van der Waals surface area contributed by atoms with Crippen molar-refractivity contribution in [2.75, 3.05) is 0 Å². The zero-order chi connectivity index (χ0) is 22.5. The summed E-state index contributed by atoms with van der Waals surface area (Å²) in [5.41, 5.74) is 2.48. The van der Waals surface area contributed by atoms with Gasteiger partial charge in [0.2, 0.25) is 0 Å². The number of carbonyl (C=O) groups is 1. The lowest BCUT2D eigenvalue weighted by Gasteiger charge is -2.06. The van der Waals surface area contributed by atoms with E-state index in [2.05, 4.69) is 26.2 Å². The summed E-state index contributed by atoms with van der Waals surface area (Å²) in [6.07, 6.45) is 1.80. The minimum Gasteiger partial charge on any atom is -0.489 e.